The zero-order chi connectivity index (χ0) is 20.7. The maximum absolute atomic E-state index is 12.9. The molecule has 8 nitrogen and oxygen atoms in total. The van der Waals surface area contributed by atoms with Crippen LogP contribution in [0.15, 0.2) is 69.7 Å². The Bertz CT molecular complexity index is 1300. The Hall–Kier alpha value is -3.72. The molecule has 0 aliphatic carbocycles. The number of hydrogen-bond acceptors (Lipinski definition) is 5. The highest BCUT2D eigenvalue weighted by Gasteiger charge is 2.23. The van der Waals surface area contributed by atoms with E-state index in [1.807, 2.05) is 0 Å². The first kappa shape index (κ1) is 18.6. The molecule has 1 N–H and O–H groups in total. The van der Waals surface area contributed by atoms with E-state index in [1.54, 1.807) is 30.3 Å². The summed E-state index contributed by atoms with van der Waals surface area (Å²) in [7, 11) is 0. The second-order valence-corrected chi connectivity index (χ2v) is 7.04. The minimum absolute atomic E-state index is 0.00993. The lowest BCUT2D eigenvalue weighted by atomic mass is 10.1. The maximum atomic E-state index is 12.9. The normalized spacial score (nSPS) is 10.9. The van der Waals surface area contributed by atoms with Gasteiger partial charge in [-0.05, 0) is 30.3 Å². The van der Waals surface area contributed by atoms with Crippen LogP contribution in [0.25, 0.3) is 22.2 Å². The Labute approximate surface area is 171 Å². The predicted octanol–water partition coefficient (Wildman–Crippen LogP) is 4.96. The van der Waals surface area contributed by atoms with Crippen LogP contribution in [-0.2, 0) is 0 Å². The third-order valence-corrected chi connectivity index (χ3v) is 4.89. The molecule has 144 valence electrons. The van der Waals surface area contributed by atoms with E-state index < -0.39 is 16.8 Å². The number of fused-ring (bicyclic) bond motifs is 1. The average molecular weight is 455 g/mol. The Kier molecular flexibility index (Phi) is 4.51. The van der Waals surface area contributed by atoms with Crippen molar-refractivity contribution >= 4 is 44.4 Å². The van der Waals surface area contributed by atoms with Gasteiger partial charge in [0.2, 0.25) is 0 Å². The molecule has 2 heterocycles. The first-order valence-electron chi connectivity index (χ1n) is 8.29. The van der Waals surface area contributed by atoms with Crippen LogP contribution in [0.5, 0.6) is 0 Å². The Balaban J connectivity index is 1.79. The number of carbonyl (C=O) groups is 2. The summed E-state index contributed by atoms with van der Waals surface area (Å²) in [4.78, 5) is 35.2. The predicted molar refractivity (Wildman–Crippen MR) is 107 cm³/mol. The number of aromatic carboxylic acids is 1. The van der Waals surface area contributed by atoms with E-state index in [1.165, 1.54) is 35.0 Å². The quantitative estimate of drug-likeness (QED) is 0.344. The molecular weight excluding hydrogens is 444 g/mol. The van der Waals surface area contributed by atoms with E-state index in [0.717, 1.165) is 0 Å². The molecule has 2 aromatic carbocycles. The molecule has 0 amide bonds. The molecule has 0 aliphatic heterocycles. The molecule has 0 bridgehead atoms. The molecule has 0 atom stereocenters. The van der Waals surface area contributed by atoms with Crippen LogP contribution in [0.1, 0.15) is 20.9 Å². The van der Waals surface area contributed by atoms with Crippen molar-refractivity contribution < 1.29 is 24.0 Å². The second kappa shape index (κ2) is 7.02. The highest BCUT2D eigenvalue weighted by atomic mass is 79.9. The first-order chi connectivity index (χ1) is 13.9. The summed E-state index contributed by atoms with van der Waals surface area (Å²) in [5, 5.41) is 21.1. The van der Waals surface area contributed by atoms with Crippen LogP contribution in [0.4, 0.5) is 5.69 Å². The minimum atomic E-state index is -1.15. The molecule has 4 aromatic rings. The Morgan fingerprint density at radius 1 is 1.10 bits per heavy atom. The molecule has 0 unspecified atom stereocenters. The number of carboxylic acids is 1. The number of hydrogen-bond donors (Lipinski definition) is 1. The van der Waals surface area contributed by atoms with Crippen LogP contribution >= 0.6 is 15.9 Å². The van der Waals surface area contributed by atoms with Crippen molar-refractivity contribution in [2.24, 2.45) is 0 Å². The zero-order valence-corrected chi connectivity index (χ0v) is 16.1. The summed E-state index contributed by atoms with van der Waals surface area (Å²) in [6.45, 7) is 0. The molecule has 9 heteroatoms. The summed E-state index contributed by atoms with van der Waals surface area (Å²) in [5.74, 6) is -1.66. The molecule has 0 saturated heterocycles. The molecule has 0 saturated carbocycles. The van der Waals surface area contributed by atoms with Gasteiger partial charge >= 0.3 is 5.97 Å². The molecule has 29 heavy (non-hydrogen) atoms. The molecule has 0 fully saturated rings. The van der Waals surface area contributed by atoms with E-state index in [2.05, 4.69) is 15.9 Å². The largest absolute Gasteiger partial charge is 0.478 e. The average Bonchev–Trinajstić information content (AvgIpc) is 3.33. The van der Waals surface area contributed by atoms with Gasteiger partial charge in [0.05, 0.1) is 21.6 Å². The van der Waals surface area contributed by atoms with Gasteiger partial charge in [-0.15, -0.1) is 0 Å². The van der Waals surface area contributed by atoms with Gasteiger partial charge < -0.3 is 9.52 Å². The number of nitrogens with zero attached hydrogens (tertiary/aromatic N) is 2. The van der Waals surface area contributed by atoms with Crippen LogP contribution in [0.2, 0.25) is 0 Å². The number of benzene rings is 2. The number of nitro benzene ring substituents is 1. The van der Waals surface area contributed by atoms with Crippen molar-refractivity contribution in [1.82, 2.24) is 4.57 Å². The number of aromatic nitrogens is 1. The molecular formula is C20H11BrN2O6. The molecule has 0 radical (unpaired) electrons. The van der Waals surface area contributed by atoms with Gasteiger partial charge in [-0.2, -0.15) is 0 Å². The summed E-state index contributed by atoms with van der Waals surface area (Å²) < 4.78 is 7.33. The van der Waals surface area contributed by atoms with E-state index in [0.29, 0.717) is 15.4 Å². The number of rotatable bonds is 4. The fourth-order valence-corrected chi connectivity index (χ4v) is 3.45. The molecule has 2 aromatic heterocycles. The van der Waals surface area contributed by atoms with Gasteiger partial charge in [0.15, 0.2) is 5.76 Å². The Morgan fingerprint density at radius 3 is 2.59 bits per heavy atom. The number of nitro groups is 1. The van der Waals surface area contributed by atoms with Gasteiger partial charge in [-0.1, -0.05) is 34.1 Å². The summed E-state index contributed by atoms with van der Waals surface area (Å²) in [6.07, 6.45) is 1.24. The fourth-order valence-electron chi connectivity index (χ4n) is 3.10. The third-order valence-electron chi connectivity index (χ3n) is 4.40. The van der Waals surface area contributed by atoms with Crippen molar-refractivity contribution in [3.05, 3.63) is 86.7 Å². The van der Waals surface area contributed by atoms with Crippen LogP contribution in [-0.4, -0.2) is 26.5 Å². The number of halogens is 1. The lowest BCUT2D eigenvalue weighted by molar-refractivity contribution is -0.384. The van der Waals surface area contributed by atoms with Crippen molar-refractivity contribution in [1.29, 1.82) is 0 Å². The van der Waals surface area contributed by atoms with Gasteiger partial charge in [0, 0.05) is 22.1 Å². The van der Waals surface area contributed by atoms with E-state index in [9.17, 15) is 24.8 Å². The summed E-state index contributed by atoms with van der Waals surface area (Å²) in [5.41, 5.74) is 0.458. The summed E-state index contributed by atoms with van der Waals surface area (Å²) >= 11 is 3.19. The summed E-state index contributed by atoms with van der Waals surface area (Å²) in [6, 6.07) is 14.0. The lowest BCUT2D eigenvalue weighted by Crippen LogP contribution is -2.09. The first-order valence-corrected chi connectivity index (χ1v) is 9.08. The van der Waals surface area contributed by atoms with Crippen molar-refractivity contribution in [2.45, 2.75) is 0 Å². The van der Waals surface area contributed by atoms with Crippen LogP contribution < -0.4 is 0 Å². The Morgan fingerprint density at radius 2 is 1.86 bits per heavy atom. The minimum Gasteiger partial charge on any atom is -0.478 e. The topological polar surface area (TPSA) is 116 Å². The third kappa shape index (κ3) is 3.21. The number of carboxylic acid groups (broad SMARTS) is 1. The van der Waals surface area contributed by atoms with Gasteiger partial charge in [-0.25, -0.2) is 4.79 Å². The van der Waals surface area contributed by atoms with Gasteiger partial charge in [0.1, 0.15) is 5.76 Å². The van der Waals surface area contributed by atoms with Crippen LogP contribution in [0, 0.1) is 10.1 Å². The zero-order valence-electron chi connectivity index (χ0n) is 14.5. The lowest BCUT2D eigenvalue weighted by Gasteiger charge is -2.02. The molecule has 0 aliphatic rings. The highest BCUT2D eigenvalue weighted by molar-refractivity contribution is 9.10. The standard InChI is InChI=1S/C20H11BrN2O6/c21-11-5-6-13(16(9-11)23(27)28)17-7-8-18(29-17)19(24)22-10-14(20(25)26)12-3-1-2-4-15(12)22/h1-10H,(H,25,26). The molecule has 0 spiro atoms. The smallest absolute Gasteiger partial charge is 0.337 e. The van der Waals surface area contributed by atoms with Crippen molar-refractivity contribution in [2.75, 3.05) is 0 Å². The van der Waals surface area contributed by atoms with Crippen molar-refractivity contribution in [3.63, 3.8) is 0 Å². The monoisotopic (exact) mass is 454 g/mol. The molecule has 4 rings (SSSR count). The second-order valence-electron chi connectivity index (χ2n) is 6.12. The maximum Gasteiger partial charge on any atom is 0.337 e. The highest BCUT2D eigenvalue weighted by Crippen LogP contribution is 2.34. The fraction of sp³-hybridized carbons (Fsp3) is 0. The number of para-hydroxylation sites is 1. The SMILES string of the molecule is O=C(O)c1cn(C(=O)c2ccc(-c3ccc(Br)cc3[N+](=O)[O-])o2)c2ccccc12. The van der Waals surface area contributed by atoms with Crippen molar-refractivity contribution in [3.8, 4) is 11.3 Å². The van der Waals surface area contributed by atoms with E-state index in [-0.39, 0.29) is 28.3 Å². The number of carbonyl (C=O) groups excluding carboxylic acids is 1. The van der Waals surface area contributed by atoms with Gasteiger partial charge in [-0.3, -0.25) is 19.5 Å². The number of furan rings is 1. The van der Waals surface area contributed by atoms with Gasteiger partial charge in [0.25, 0.3) is 11.6 Å². The van der Waals surface area contributed by atoms with Crippen LogP contribution in [0.3, 0.4) is 0 Å². The van der Waals surface area contributed by atoms with E-state index in [4.69, 9.17) is 4.42 Å². The van der Waals surface area contributed by atoms with E-state index >= 15 is 0 Å².